The zero-order valence-corrected chi connectivity index (χ0v) is 11.5. The summed E-state index contributed by atoms with van der Waals surface area (Å²) in [6.45, 7) is 4.89. The minimum atomic E-state index is -0.0678. The quantitative estimate of drug-likeness (QED) is 0.862. The molecule has 0 bridgehead atoms. The van der Waals surface area contributed by atoms with Gasteiger partial charge in [0, 0.05) is 31.7 Å². The van der Waals surface area contributed by atoms with Crippen LogP contribution in [0.3, 0.4) is 0 Å². The molecule has 0 radical (unpaired) electrons. The Morgan fingerprint density at radius 1 is 1.30 bits per heavy atom. The van der Waals surface area contributed by atoms with Crippen LogP contribution in [0, 0.1) is 11.3 Å². The molecule has 1 amide bonds. The molecule has 5 nitrogen and oxygen atoms in total. The number of nitrogens with one attached hydrogen (secondary N) is 1. The number of benzene rings is 1. The number of hydrogen-bond donors (Lipinski definition) is 1. The molecule has 1 aliphatic heterocycles. The Kier molecular flexibility index (Phi) is 5.54. The fraction of sp³-hybridized carbons (Fsp3) is 0.467. The predicted octanol–water partition coefficient (Wildman–Crippen LogP) is 0.815. The number of carbonyl (C=O) groups is 1. The van der Waals surface area contributed by atoms with Gasteiger partial charge in [0.25, 0.3) is 5.91 Å². The lowest BCUT2D eigenvalue weighted by atomic mass is 10.1. The van der Waals surface area contributed by atoms with Crippen LogP contribution in [0.1, 0.15) is 15.9 Å². The van der Waals surface area contributed by atoms with Gasteiger partial charge in [0.15, 0.2) is 0 Å². The first-order valence-corrected chi connectivity index (χ1v) is 6.84. The molecular weight excluding hydrogens is 254 g/mol. The summed E-state index contributed by atoms with van der Waals surface area (Å²) in [4.78, 5) is 14.2. The summed E-state index contributed by atoms with van der Waals surface area (Å²) in [5.41, 5.74) is 1.56. The van der Waals surface area contributed by atoms with Crippen LogP contribution in [0.2, 0.25) is 0 Å². The summed E-state index contributed by atoms with van der Waals surface area (Å²) in [7, 11) is 0. The number of morpholine rings is 1. The third kappa shape index (κ3) is 4.34. The lowest BCUT2D eigenvalue weighted by Gasteiger charge is -2.26. The second-order valence-corrected chi connectivity index (χ2v) is 4.74. The molecule has 1 fully saturated rings. The van der Waals surface area contributed by atoms with E-state index in [-0.39, 0.29) is 5.91 Å². The zero-order chi connectivity index (χ0) is 14.2. The van der Waals surface area contributed by atoms with Crippen molar-refractivity contribution in [2.45, 2.75) is 6.42 Å². The highest BCUT2D eigenvalue weighted by Crippen LogP contribution is 2.05. The number of carbonyl (C=O) groups excluding carboxylic acids is 1. The van der Waals surface area contributed by atoms with Crippen LogP contribution in [0.25, 0.3) is 0 Å². The molecule has 0 saturated carbocycles. The third-order valence-corrected chi connectivity index (χ3v) is 3.32. The summed E-state index contributed by atoms with van der Waals surface area (Å²) in [6, 6.07) is 9.25. The van der Waals surface area contributed by atoms with E-state index in [9.17, 15) is 4.79 Å². The average Bonchev–Trinajstić information content (AvgIpc) is 2.49. The predicted molar refractivity (Wildman–Crippen MR) is 75.4 cm³/mol. The highest BCUT2D eigenvalue weighted by Gasteiger charge is 2.10. The Hall–Kier alpha value is -1.90. The monoisotopic (exact) mass is 273 g/mol. The first-order chi connectivity index (χ1) is 9.79. The van der Waals surface area contributed by atoms with Crippen molar-refractivity contribution in [3.8, 4) is 6.07 Å². The van der Waals surface area contributed by atoms with Crippen LogP contribution in [-0.2, 0) is 11.2 Å². The number of amides is 1. The highest BCUT2D eigenvalue weighted by atomic mass is 16.5. The van der Waals surface area contributed by atoms with Gasteiger partial charge in [-0.25, -0.2) is 0 Å². The lowest BCUT2D eigenvalue weighted by Crippen LogP contribution is -2.41. The van der Waals surface area contributed by atoms with Crippen LogP contribution in [0.15, 0.2) is 24.3 Å². The molecule has 0 aliphatic carbocycles. The first-order valence-electron chi connectivity index (χ1n) is 6.84. The average molecular weight is 273 g/mol. The van der Waals surface area contributed by atoms with Crippen molar-refractivity contribution < 1.29 is 9.53 Å². The second kappa shape index (κ2) is 7.63. The maximum Gasteiger partial charge on any atom is 0.251 e. The molecule has 0 aromatic heterocycles. The van der Waals surface area contributed by atoms with Crippen molar-refractivity contribution in [3.63, 3.8) is 0 Å². The maximum absolute atomic E-state index is 11.9. The molecule has 20 heavy (non-hydrogen) atoms. The standard InChI is InChI=1S/C15H19N3O2/c16-6-5-13-1-3-14(4-2-13)15(19)17-7-8-18-9-11-20-12-10-18/h1-4H,5,7-12H2,(H,17,19). The molecule has 5 heteroatoms. The fourth-order valence-corrected chi connectivity index (χ4v) is 2.12. The Morgan fingerprint density at radius 3 is 2.65 bits per heavy atom. The highest BCUT2D eigenvalue weighted by molar-refractivity contribution is 5.94. The van der Waals surface area contributed by atoms with Crippen LogP contribution in [0.5, 0.6) is 0 Å². The van der Waals surface area contributed by atoms with Gasteiger partial charge in [-0.2, -0.15) is 5.26 Å². The van der Waals surface area contributed by atoms with Crippen molar-refractivity contribution in [1.82, 2.24) is 10.2 Å². The van der Waals surface area contributed by atoms with Crippen molar-refractivity contribution in [2.24, 2.45) is 0 Å². The van der Waals surface area contributed by atoms with Crippen molar-refractivity contribution in [3.05, 3.63) is 35.4 Å². The van der Waals surface area contributed by atoms with Gasteiger partial charge in [0.1, 0.15) is 0 Å². The number of rotatable bonds is 5. The SMILES string of the molecule is N#CCc1ccc(C(=O)NCCN2CCOCC2)cc1. The van der Waals surface area contributed by atoms with E-state index in [0.29, 0.717) is 18.5 Å². The zero-order valence-electron chi connectivity index (χ0n) is 11.5. The van der Waals surface area contributed by atoms with E-state index in [1.807, 2.05) is 12.1 Å². The van der Waals surface area contributed by atoms with E-state index in [2.05, 4.69) is 16.3 Å². The van der Waals surface area contributed by atoms with Crippen molar-refractivity contribution in [2.75, 3.05) is 39.4 Å². The molecule has 106 valence electrons. The summed E-state index contributed by atoms with van der Waals surface area (Å²) in [6.07, 6.45) is 0.374. The van der Waals surface area contributed by atoms with Gasteiger partial charge in [0.05, 0.1) is 25.7 Å². The Balaban J connectivity index is 1.75. The maximum atomic E-state index is 11.9. The first kappa shape index (κ1) is 14.5. The van der Waals surface area contributed by atoms with E-state index >= 15 is 0 Å². The molecule has 1 N–H and O–H groups in total. The molecule has 1 saturated heterocycles. The number of nitriles is 1. The molecule has 0 spiro atoms. The number of ether oxygens (including phenoxy) is 1. The summed E-state index contributed by atoms with van der Waals surface area (Å²) in [5.74, 6) is -0.0678. The molecule has 1 heterocycles. The van der Waals surface area contributed by atoms with E-state index in [4.69, 9.17) is 10.00 Å². The van der Waals surface area contributed by atoms with Gasteiger partial charge in [-0.15, -0.1) is 0 Å². The number of hydrogen-bond acceptors (Lipinski definition) is 4. The molecule has 2 rings (SSSR count). The second-order valence-electron chi connectivity index (χ2n) is 4.74. The van der Waals surface area contributed by atoms with Crippen molar-refractivity contribution in [1.29, 1.82) is 5.26 Å². The van der Waals surface area contributed by atoms with Crippen LogP contribution >= 0.6 is 0 Å². The van der Waals surface area contributed by atoms with E-state index in [1.165, 1.54) is 0 Å². The Bertz CT molecular complexity index is 473. The van der Waals surface area contributed by atoms with Crippen molar-refractivity contribution >= 4 is 5.91 Å². The van der Waals surface area contributed by atoms with Gasteiger partial charge < -0.3 is 10.1 Å². The molecule has 1 aromatic rings. The number of nitrogens with zero attached hydrogens (tertiary/aromatic N) is 2. The van der Waals surface area contributed by atoms with Gasteiger partial charge in [-0.3, -0.25) is 9.69 Å². The van der Waals surface area contributed by atoms with Gasteiger partial charge in [-0.1, -0.05) is 12.1 Å². The smallest absolute Gasteiger partial charge is 0.251 e. The molecular formula is C15H19N3O2. The normalized spacial score (nSPS) is 15.6. The lowest BCUT2D eigenvalue weighted by molar-refractivity contribution is 0.0383. The topological polar surface area (TPSA) is 65.4 Å². The van der Waals surface area contributed by atoms with Crippen LogP contribution < -0.4 is 5.32 Å². The fourth-order valence-electron chi connectivity index (χ4n) is 2.12. The Labute approximate surface area is 119 Å². The van der Waals surface area contributed by atoms with Gasteiger partial charge in [-0.05, 0) is 17.7 Å². The van der Waals surface area contributed by atoms with Gasteiger partial charge >= 0.3 is 0 Å². The van der Waals surface area contributed by atoms with Crippen LogP contribution in [0.4, 0.5) is 0 Å². The van der Waals surface area contributed by atoms with Crippen LogP contribution in [-0.4, -0.2) is 50.2 Å². The summed E-state index contributed by atoms with van der Waals surface area (Å²) in [5, 5.41) is 11.5. The molecule has 1 aromatic carbocycles. The van der Waals surface area contributed by atoms with Gasteiger partial charge in [0.2, 0.25) is 0 Å². The largest absolute Gasteiger partial charge is 0.379 e. The third-order valence-electron chi connectivity index (χ3n) is 3.32. The molecule has 1 aliphatic rings. The van der Waals surface area contributed by atoms with E-state index in [1.54, 1.807) is 12.1 Å². The van der Waals surface area contributed by atoms with E-state index in [0.717, 1.165) is 38.4 Å². The Morgan fingerprint density at radius 2 is 2.00 bits per heavy atom. The molecule has 0 unspecified atom stereocenters. The summed E-state index contributed by atoms with van der Waals surface area (Å²) >= 11 is 0. The van der Waals surface area contributed by atoms with E-state index < -0.39 is 0 Å². The minimum Gasteiger partial charge on any atom is -0.379 e. The molecule has 0 atom stereocenters. The minimum absolute atomic E-state index is 0.0678. The summed E-state index contributed by atoms with van der Waals surface area (Å²) < 4.78 is 5.28.